The van der Waals surface area contributed by atoms with Crippen molar-refractivity contribution in [2.24, 2.45) is 0 Å². The molecule has 1 aliphatic heterocycles. The standard InChI is InChI=1S/C15H17N3O2S/c19-15(20)14-12(4-10-21-14)11-17-6-8-18(9-7-17)13-3-1-2-5-16-13/h1-5,10H,6-9,11H2,(H,19,20). The number of aromatic nitrogens is 1. The van der Waals surface area contributed by atoms with E-state index in [1.807, 2.05) is 35.8 Å². The minimum atomic E-state index is -0.827. The Hall–Kier alpha value is -1.92. The lowest BCUT2D eigenvalue weighted by Crippen LogP contribution is -2.46. The van der Waals surface area contributed by atoms with Gasteiger partial charge in [0.1, 0.15) is 10.7 Å². The number of carboxylic acids is 1. The summed E-state index contributed by atoms with van der Waals surface area (Å²) in [6.07, 6.45) is 1.81. The predicted octanol–water partition coefficient (Wildman–Crippen LogP) is 2.16. The molecule has 0 bridgehead atoms. The molecule has 110 valence electrons. The second kappa shape index (κ2) is 6.24. The van der Waals surface area contributed by atoms with E-state index >= 15 is 0 Å². The first-order valence-electron chi connectivity index (χ1n) is 6.92. The molecular weight excluding hydrogens is 286 g/mol. The molecule has 21 heavy (non-hydrogen) atoms. The van der Waals surface area contributed by atoms with Crippen LogP contribution in [0.1, 0.15) is 15.2 Å². The number of hydrogen-bond donors (Lipinski definition) is 1. The number of carboxylic acid groups (broad SMARTS) is 1. The van der Waals surface area contributed by atoms with Crippen LogP contribution < -0.4 is 4.90 Å². The number of carbonyl (C=O) groups is 1. The lowest BCUT2D eigenvalue weighted by molar-refractivity contribution is 0.0700. The summed E-state index contributed by atoms with van der Waals surface area (Å²) in [7, 11) is 0. The second-order valence-corrected chi connectivity index (χ2v) is 5.95. The monoisotopic (exact) mass is 303 g/mol. The van der Waals surface area contributed by atoms with Crippen LogP contribution in [0.25, 0.3) is 0 Å². The van der Waals surface area contributed by atoms with Crippen LogP contribution in [0.4, 0.5) is 5.82 Å². The van der Waals surface area contributed by atoms with Gasteiger partial charge in [-0.1, -0.05) is 6.07 Å². The lowest BCUT2D eigenvalue weighted by atomic mass is 10.2. The zero-order valence-electron chi connectivity index (χ0n) is 11.6. The number of nitrogens with zero attached hydrogens (tertiary/aromatic N) is 3. The first-order chi connectivity index (χ1) is 10.2. The Labute approximate surface area is 127 Å². The van der Waals surface area contributed by atoms with Gasteiger partial charge in [0, 0.05) is 38.9 Å². The Morgan fingerprint density at radius 1 is 1.24 bits per heavy atom. The third-order valence-electron chi connectivity index (χ3n) is 3.68. The molecule has 2 aromatic rings. The first-order valence-corrected chi connectivity index (χ1v) is 7.80. The van der Waals surface area contributed by atoms with Gasteiger partial charge in [0.15, 0.2) is 0 Å². The summed E-state index contributed by atoms with van der Waals surface area (Å²) in [6.45, 7) is 4.39. The van der Waals surface area contributed by atoms with Crippen molar-refractivity contribution >= 4 is 23.1 Å². The van der Waals surface area contributed by atoms with E-state index < -0.39 is 5.97 Å². The van der Waals surface area contributed by atoms with Crippen LogP contribution in [0.15, 0.2) is 35.8 Å². The zero-order valence-corrected chi connectivity index (χ0v) is 12.4. The molecule has 0 aliphatic carbocycles. The number of anilines is 1. The highest BCUT2D eigenvalue weighted by atomic mass is 32.1. The van der Waals surface area contributed by atoms with E-state index in [-0.39, 0.29) is 0 Å². The summed E-state index contributed by atoms with van der Waals surface area (Å²) in [5, 5.41) is 11.0. The molecule has 0 amide bonds. The van der Waals surface area contributed by atoms with Crippen molar-refractivity contribution in [3.8, 4) is 0 Å². The molecule has 0 atom stereocenters. The second-order valence-electron chi connectivity index (χ2n) is 5.03. The molecule has 0 spiro atoms. The topological polar surface area (TPSA) is 56.7 Å². The molecule has 1 aliphatic rings. The van der Waals surface area contributed by atoms with E-state index in [0.717, 1.165) is 37.6 Å². The van der Waals surface area contributed by atoms with E-state index in [1.54, 1.807) is 0 Å². The summed E-state index contributed by atoms with van der Waals surface area (Å²) in [6, 6.07) is 7.86. The van der Waals surface area contributed by atoms with Gasteiger partial charge in [-0.2, -0.15) is 0 Å². The first kappa shape index (κ1) is 14.0. The fourth-order valence-electron chi connectivity index (χ4n) is 2.56. The maximum Gasteiger partial charge on any atom is 0.346 e. The van der Waals surface area contributed by atoms with E-state index in [0.29, 0.717) is 11.4 Å². The molecule has 1 saturated heterocycles. The number of piperazine rings is 1. The van der Waals surface area contributed by atoms with Crippen molar-refractivity contribution in [2.75, 3.05) is 31.1 Å². The van der Waals surface area contributed by atoms with Gasteiger partial charge >= 0.3 is 5.97 Å². The average Bonchev–Trinajstić information content (AvgIpc) is 2.97. The third-order valence-corrected chi connectivity index (χ3v) is 4.63. The maximum absolute atomic E-state index is 11.1. The highest BCUT2D eigenvalue weighted by Gasteiger charge is 2.20. The summed E-state index contributed by atoms with van der Waals surface area (Å²) in [5.41, 5.74) is 0.916. The minimum Gasteiger partial charge on any atom is -0.477 e. The van der Waals surface area contributed by atoms with Gasteiger partial charge < -0.3 is 10.0 Å². The van der Waals surface area contributed by atoms with Crippen molar-refractivity contribution in [1.29, 1.82) is 0 Å². The maximum atomic E-state index is 11.1. The van der Waals surface area contributed by atoms with Crippen LogP contribution in [0.5, 0.6) is 0 Å². The molecule has 0 saturated carbocycles. The van der Waals surface area contributed by atoms with Crippen molar-refractivity contribution in [2.45, 2.75) is 6.54 Å². The summed E-state index contributed by atoms with van der Waals surface area (Å²) in [5.74, 6) is 0.186. The fourth-order valence-corrected chi connectivity index (χ4v) is 3.32. The Kier molecular flexibility index (Phi) is 4.17. The molecule has 3 rings (SSSR count). The van der Waals surface area contributed by atoms with Gasteiger partial charge in [0.05, 0.1) is 0 Å². The molecule has 5 nitrogen and oxygen atoms in total. The van der Waals surface area contributed by atoms with Crippen LogP contribution in [0.2, 0.25) is 0 Å². The van der Waals surface area contributed by atoms with Gasteiger partial charge in [-0.3, -0.25) is 4.90 Å². The number of pyridine rings is 1. The van der Waals surface area contributed by atoms with Crippen LogP contribution in [0, 0.1) is 0 Å². The highest BCUT2D eigenvalue weighted by Crippen LogP contribution is 2.20. The SMILES string of the molecule is O=C(O)c1sccc1CN1CCN(c2ccccn2)CC1. The Morgan fingerprint density at radius 2 is 2.05 bits per heavy atom. The number of thiophene rings is 1. The van der Waals surface area contributed by atoms with Gasteiger partial charge in [0.25, 0.3) is 0 Å². The molecule has 6 heteroatoms. The molecular formula is C15H17N3O2S. The molecule has 0 unspecified atom stereocenters. The van der Waals surface area contributed by atoms with Crippen molar-refractivity contribution in [1.82, 2.24) is 9.88 Å². The van der Waals surface area contributed by atoms with Crippen LogP contribution in [-0.4, -0.2) is 47.1 Å². The molecule has 0 radical (unpaired) electrons. The van der Waals surface area contributed by atoms with E-state index in [2.05, 4.69) is 14.8 Å². The van der Waals surface area contributed by atoms with Gasteiger partial charge in [0.2, 0.25) is 0 Å². The third kappa shape index (κ3) is 3.22. The van der Waals surface area contributed by atoms with Gasteiger partial charge in [-0.25, -0.2) is 9.78 Å². The zero-order chi connectivity index (χ0) is 14.7. The molecule has 1 fully saturated rings. The average molecular weight is 303 g/mol. The van der Waals surface area contributed by atoms with E-state index in [1.165, 1.54) is 11.3 Å². The quantitative estimate of drug-likeness (QED) is 0.938. The van der Waals surface area contributed by atoms with Crippen molar-refractivity contribution in [3.63, 3.8) is 0 Å². The Bertz CT molecular complexity index is 606. The van der Waals surface area contributed by atoms with Crippen LogP contribution in [-0.2, 0) is 6.54 Å². The number of rotatable bonds is 4. The Balaban J connectivity index is 1.59. The number of hydrogen-bond acceptors (Lipinski definition) is 5. The fraction of sp³-hybridized carbons (Fsp3) is 0.333. The normalized spacial score (nSPS) is 16.1. The van der Waals surface area contributed by atoms with Gasteiger partial charge in [-0.05, 0) is 29.1 Å². The Morgan fingerprint density at radius 3 is 2.71 bits per heavy atom. The summed E-state index contributed by atoms with van der Waals surface area (Å²) >= 11 is 1.30. The lowest BCUT2D eigenvalue weighted by Gasteiger charge is -2.35. The molecule has 3 heterocycles. The highest BCUT2D eigenvalue weighted by molar-refractivity contribution is 7.12. The van der Waals surface area contributed by atoms with E-state index in [9.17, 15) is 4.79 Å². The summed E-state index contributed by atoms with van der Waals surface area (Å²) < 4.78 is 0. The van der Waals surface area contributed by atoms with Gasteiger partial charge in [-0.15, -0.1) is 11.3 Å². The van der Waals surface area contributed by atoms with E-state index in [4.69, 9.17) is 5.11 Å². The van der Waals surface area contributed by atoms with Crippen molar-refractivity contribution < 1.29 is 9.90 Å². The summed E-state index contributed by atoms with van der Waals surface area (Å²) in [4.78, 5) is 20.5. The molecule has 0 aromatic carbocycles. The minimum absolute atomic E-state index is 0.460. The largest absolute Gasteiger partial charge is 0.477 e. The number of aromatic carboxylic acids is 1. The smallest absolute Gasteiger partial charge is 0.346 e. The molecule has 1 N–H and O–H groups in total. The predicted molar refractivity (Wildman–Crippen MR) is 83.0 cm³/mol. The van der Waals surface area contributed by atoms with Crippen molar-refractivity contribution in [3.05, 3.63) is 46.3 Å². The van der Waals surface area contributed by atoms with Crippen LogP contribution >= 0.6 is 11.3 Å². The van der Waals surface area contributed by atoms with Crippen LogP contribution in [0.3, 0.4) is 0 Å². The molecule has 2 aromatic heterocycles.